The maximum absolute atomic E-state index is 4.26. The van der Waals surface area contributed by atoms with E-state index >= 15 is 0 Å². The van der Waals surface area contributed by atoms with Gasteiger partial charge in [0.05, 0.1) is 0 Å². The first kappa shape index (κ1) is 7.80. The predicted octanol–water partition coefficient (Wildman–Crippen LogP) is 0.715. The number of hydrogen-bond donors (Lipinski definition) is 1. The fourth-order valence-corrected chi connectivity index (χ4v) is 1.31. The van der Waals surface area contributed by atoms with Crippen molar-refractivity contribution in [1.29, 1.82) is 0 Å². The SMILES string of the molecule is Cn1ccnc1CCNC1CC1. The smallest absolute Gasteiger partial charge is 0.109 e. The monoisotopic (exact) mass is 165 g/mol. The van der Waals surface area contributed by atoms with Crippen LogP contribution in [-0.2, 0) is 13.5 Å². The average molecular weight is 165 g/mol. The van der Waals surface area contributed by atoms with E-state index in [0.29, 0.717) is 0 Å². The van der Waals surface area contributed by atoms with E-state index in [4.69, 9.17) is 0 Å². The first-order valence-electron chi connectivity index (χ1n) is 4.56. The minimum Gasteiger partial charge on any atom is -0.338 e. The number of aryl methyl sites for hydroxylation is 1. The largest absolute Gasteiger partial charge is 0.338 e. The van der Waals surface area contributed by atoms with E-state index in [-0.39, 0.29) is 0 Å². The average Bonchev–Trinajstić information content (AvgIpc) is 2.78. The van der Waals surface area contributed by atoms with Crippen LogP contribution in [0, 0.1) is 0 Å². The topological polar surface area (TPSA) is 29.9 Å². The van der Waals surface area contributed by atoms with Crippen molar-refractivity contribution in [2.75, 3.05) is 6.54 Å². The van der Waals surface area contributed by atoms with Crippen molar-refractivity contribution >= 4 is 0 Å². The zero-order valence-corrected chi connectivity index (χ0v) is 7.45. The van der Waals surface area contributed by atoms with Crippen LogP contribution in [0.5, 0.6) is 0 Å². The summed E-state index contributed by atoms with van der Waals surface area (Å²) in [6, 6.07) is 0.810. The summed E-state index contributed by atoms with van der Waals surface area (Å²) in [6.45, 7) is 1.06. The lowest BCUT2D eigenvalue weighted by atomic mass is 10.4. The third-order valence-corrected chi connectivity index (χ3v) is 2.28. The Bertz CT molecular complexity index is 250. The van der Waals surface area contributed by atoms with Crippen molar-refractivity contribution in [3.63, 3.8) is 0 Å². The van der Waals surface area contributed by atoms with E-state index in [9.17, 15) is 0 Å². The Kier molecular flexibility index (Phi) is 2.13. The summed E-state index contributed by atoms with van der Waals surface area (Å²) in [5.74, 6) is 1.17. The fourth-order valence-electron chi connectivity index (χ4n) is 1.31. The van der Waals surface area contributed by atoms with Crippen LogP contribution in [0.4, 0.5) is 0 Å². The van der Waals surface area contributed by atoms with Crippen LogP contribution in [0.3, 0.4) is 0 Å². The number of rotatable bonds is 4. The molecule has 3 nitrogen and oxygen atoms in total. The van der Waals surface area contributed by atoms with Gasteiger partial charge in [0, 0.05) is 38.4 Å². The lowest BCUT2D eigenvalue weighted by Crippen LogP contribution is -2.20. The summed E-state index contributed by atoms with van der Waals surface area (Å²) in [5, 5.41) is 3.47. The minimum atomic E-state index is 0.810. The molecule has 1 aromatic rings. The van der Waals surface area contributed by atoms with Gasteiger partial charge in [0.15, 0.2) is 0 Å². The maximum atomic E-state index is 4.26. The Morgan fingerprint density at radius 3 is 3.08 bits per heavy atom. The normalized spacial score (nSPS) is 16.8. The summed E-state index contributed by atoms with van der Waals surface area (Å²) >= 11 is 0. The second kappa shape index (κ2) is 3.27. The molecule has 0 unspecified atom stereocenters. The van der Waals surface area contributed by atoms with Gasteiger partial charge >= 0.3 is 0 Å². The highest BCUT2D eigenvalue weighted by Gasteiger charge is 2.19. The number of aromatic nitrogens is 2. The van der Waals surface area contributed by atoms with Crippen LogP contribution >= 0.6 is 0 Å². The molecule has 0 atom stereocenters. The van der Waals surface area contributed by atoms with Gasteiger partial charge in [-0.3, -0.25) is 0 Å². The molecule has 0 aliphatic heterocycles. The molecule has 0 spiro atoms. The van der Waals surface area contributed by atoms with Crippen LogP contribution in [0.1, 0.15) is 18.7 Å². The van der Waals surface area contributed by atoms with Crippen molar-refractivity contribution in [2.45, 2.75) is 25.3 Å². The van der Waals surface area contributed by atoms with Gasteiger partial charge < -0.3 is 9.88 Å². The van der Waals surface area contributed by atoms with Crippen LogP contribution in [-0.4, -0.2) is 22.1 Å². The van der Waals surface area contributed by atoms with Crippen molar-refractivity contribution in [3.05, 3.63) is 18.2 Å². The third-order valence-electron chi connectivity index (χ3n) is 2.28. The van der Waals surface area contributed by atoms with Gasteiger partial charge in [-0.2, -0.15) is 0 Å². The molecular weight excluding hydrogens is 150 g/mol. The van der Waals surface area contributed by atoms with Gasteiger partial charge in [0.2, 0.25) is 0 Å². The molecule has 3 heteroatoms. The van der Waals surface area contributed by atoms with Crippen LogP contribution < -0.4 is 5.32 Å². The molecule has 0 bridgehead atoms. The molecule has 12 heavy (non-hydrogen) atoms. The Balaban J connectivity index is 1.75. The lowest BCUT2D eigenvalue weighted by molar-refractivity contribution is 0.651. The van der Waals surface area contributed by atoms with E-state index in [1.165, 1.54) is 18.7 Å². The van der Waals surface area contributed by atoms with Crippen molar-refractivity contribution in [1.82, 2.24) is 14.9 Å². The van der Waals surface area contributed by atoms with Gasteiger partial charge in [-0.15, -0.1) is 0 Å². The molecule has 1 heterocycles. The highest BCUT2D eigenvalue weighted by Crippen LogP contribution is 2.18. The molecule has 1 fully saturated rings. The molecule has 1 saturated carbocycles. The predicted molar refractivity (Wildman–Crippen MR) is 47.9 cm³/mol. The number of hydrogen-bond acceptors (Lipinski definition) is 2. The first-order valence-corrected chi connectivity index (χ1v) is 4.56. The van der Waals surface area contributed by atoms with Crippen LogP contribution in [0.2, 0.25) is 0 Å². The Morgan fingerprint density at radius 2 is 2.50 bits per heavy atom. The van der Waals surface area contributed by atoms with Gasteiger partial charge in [0.25, 0.3) is 0 Å². The molecule has 1 aliphatic carbocycles. The van der Waals surface area contributed by atoms with Gasteiger partial charge in [-0.25, -0.2) is 4.98 Å². The molecule has 0 radical (unpaired) electrons. The van der Waals surface area contributed by atoms with Gasteiger partial charge in [0.1, 0.15) is 5.82 Å². The molecule has 2 rings (SSSR count). The summed E-state index contributed by atoms with van der Waals surface area (Å²) < 4.78 is 2.08. The summed E-state index contributed by atoms with van der Waals surface area (Å²) in [6.07, 6.45) is 7.61. The van der Waals surface area contributed by atoms with Gasteiger partial charge in [-0.05, 0) is 12.8 Å². The van der Waals surface area contributed by atoms with Crippen molar-refractivity contribution in [3.8, 4) is 0 Å². The van der Waals surface area contributed by atoms with Gasteiger partial charge in [-0.1, -0.05) is 0 Å². The second-order valence-electron chi connectivity index (χ2n) is 3.43. The molecule has 1 aliphatic rings. The lowest BCUT2D eigenvalue weighted by Gasteiger charge is -2.02. The second-order valence-corrected chi connectivity index (χ2v) is 3.43. The zero-order chi connectivity index (χ0) is 8.39. The third kappa shape index (κ3) is 1.85. The highest BCUT2D eigenvalue weighted by molar-refractivity contribution is 4.92. The molecule has 0 amide bonds. The first-order chi connectivity index (χ1) is 5.86. The number of imidazole rings is 1. The summed E-state index contributed by atoms with van der Waals surface area (Å²) in [4.78, 5) is 4.26. The van der Waals surface area contributed by atoms with E-state index < -0.39 is 0 Å². The minimum absolute atomic E-state index is 0.810. The van der Waals surface area contributed by atoms with E-state index in [1.807, 2.05) is 19.4 Å². The van der Waals surface area contributed by atoms with Crippen molar-refractivity contribution in [2.24, 2.45) is 7.05 Å². The highest BCUT2D eigenvalue weighted by atomic mass is 15.0. The molecule has 1 N–H and O–H groups in total. The number of nitrogens with one attached hydrogen (secondary N) is 1. The Hall–Kier alpha value is -0.830. The van der Waals surface area contributed by atoms with Crippen molar-refractivity contribution < 1.29 is 0 Å². The van der Waals surface area contributed by atoms with E-state index in [1.54, 1.807) is 0 Å². The van der Waals surface area contributed by atoms with E-state index in [0.717, 1.165) is 19.0 Å². The van der Waals surface area contributed by atoms with Crippen LogP contribution in [0.15, 0.2) is 12.4 Å². The molecular formula is C9H15N3. The summed E-state index contributed by atoms with van der Waals surface area (Å²) in [7, 11) is 2.04. The number of nitrogens with zero attached hydrogens (tertiary/aromatic N) is 2. The van der Waals surface area contributed by atoms with Crippen LogP contribution in [0.25, 0.3) is 0 Å². The van der Waals surface area contributed by atoms with E-state index in [2.05, 4.69) is 14.9 Å². The maximum Gasteiger partial charge on any atom is 0.109 e. The standard InChI is InChI=1S/C9H15N3/c1-12-7-6-11-9(12)4-5-10-8-2-3-8/h6-8,10H,2-5H2,1H3. The molecule has 1 aromatic heterocycles. The quantitative estimate of drug-likeness (QED) is 0.712. The summed E-state index contributed by atoms with van der Waals surface area (Å²) in [5.41, 5.74) is 0. The molecule has 66 valence electrons. The fraction of sp³-hybridized carbons (Fsp3) is 0.667. The zero-order valence-electron chi connectivity index (χ0n) is 7.45. The molecule has 0 saturated heterocycles. The Morgan fingerprint density at radius 1 is 1.67 bits per heavy atom. The molecule has 0 aromatic carbocycles. The Labute approximate surface area is 72.8 Å².